The summed E-state index contributed by atoms with van der Waals surface area (Å²) in [6, 6.07) is 0. The van der Waals surface area contributed by atoms with Crippen LogP contribution < -0.4 is 5.32 Å². The average molecular weight is 306 g/mol. The highest BCUT2D eigenvalue weighted by molar-refractivity contribution is 7.99. The van der Waals surface area contributed by atoms with Gasteiger partial charge in [0.15, 0.2) is 0 Å². The standard InChI is InChI=1S/C9H17NO2S.C4H9NS/c1-9(2,3)12-8(11)10-4-6-13-7-5-10;1-3-6-4-2-5-1/h4-7H2,1-3H3;5H,1-4H2. The summed E-state index contributed by atoms with van der Waals surface area (Å²) in [5, 5.41) is 3.26. The molecule has 2 rings (SSSR count). The van der Waals surface area contributed by atoms with E-state index in [0.717, 1.165) is 24.6 Å². The summed E-state index contributed by atoms with van der Waals surface area (Å²) in [4.78, 5) is 13.3. The van der Waals surface area contributed by atoms with Crippen LogP contribution >= 0.6 is 23.5 Å². The van der Waals surface area contributed by atoms with Gasteiger partial charge in [0.1, 0.15) is 5.60 Å². The van der Waals surface area contributed by atoms with Crippen molar-refractivity contribution in [2.45, 2.75) is 26.4 Å². The van der Waals surface area contributed by atoms with Crippen LogP contribution in [0.4, 0.5) is 4.79 Å². The molecule has 1 amide bonds. The molecule has 0 radical (unpaired) electrons. The first-order chi connectivity index (χ1) is 8.99. The third-order valence-electron chi connectivity index (χ3n) is 2.51. The second-order valence-electron chi connectivity index (χ2n) is 5.44. The summed E-state index contributed by atoms with van der Waals surface area (Å²) >= 11 is 3.92. The number of thioether (sulfide) groups is 2. The van der Waals surface area contributed by atoms with Crippen LogP contribution in [0.3, 0.4) is 0 Å². The molecule has 6 heteroatoms. The quantitative estimate of drug-likeness (QED) is 0.744. The van der Waals surface area contributed by atoms with Crippen LogP contribution in [0.5, 0.6) is 0 Å². The second kappa shape index (κ2) is 8.97. The van der Waals surface area contributed by atoms with Crippen molar-refractivity contribution in [3.8, 4) is 0 Å². The van der Waals surface area contributed by atoms with Crippen molar-refractivity contribution in [1.82, 2.24) is 10.2 Å². The highest BCUT2D eigenvalue weighted by atomic mass is 32.2. The first-order valence-electron chi connectivity index (χ1n) is 6.83. The molecule has 1 N–H and O–H groups in total. The fourth-order valence-electron chi connectivity index (χ4n) is 1.59. The predicted octanol–water partition coefficient (Wildman–Crippen LogP) is 2.29. The predicted molar refractivity (Wildman–Crippen MR) is 85.3 cm³/mol. The molecule has 0 aromatic carbocycles. The summed E-state index contributed by atoms with van der Waals surface area (Å²) in [5.74, 6) is 4.67. The second-order valence-corrected chi connectivity index (χ2v) is 7.89. The van der Waals surface area contributed by atoms with E-state index in [4.69, 9.17) is 4.74 Å². The van der Waals surface area contributed by atoms with Crippen LogP contribution in [0.2, 0.25) is 0 Å². The van der Waals surface area contributed by atoms with Gasteiger partial charge in [0.2, 0.25) is 0 Å². The van der Waals surface area contributed by atoms with E-state index < -0.39 is 0 Å². The van der Waals surface area contributed by atoms with Gasteiger partial charge in [-0.1, -0.05) is 0 Å². The average Bonchev–Trinajstić information content (AvgIpc) is 2.40. The molecule has 0 aromatic rings. The summed E-state index contributed by atoms with van der Waals surface area (Å²) in [6.45, 7) is 9.74. The normalized spacial score (nSPS) is 20.3. The van der Waals surface area contributed by atoms with Crippen LogP contribution in [0, 0.1) is 0 Å². The number of hydrogen-bond acceptors (Lipinski definition) is 5. The van der Waals surface area contributed by atoms with Gasteiger partial charge in [-0.25, -0.2) is 4.79 Å². The first kappa shape index (κ1) is 17.0. The largest absolute Gasteiger partial charge is 0.444 e. The maximum Gasteiger partial charge on any atom is 0.410 e. The Morgan fingerprint density at radius 3 is 1.95 bits per heavy atom. The van der Waals surface area contributed by atoms with Crippen LogP contribution in [-0.2, 0) is 4.74 Å². The van der Waals surface area contributed by atoms with Crippen molar-refractivity contribution in [1.29, 1.82) is 0 Å². The van der Waals surface area contributed by atoms with E-state index in [2.05, 4.69) is 5.32 Å². The molecule has 0 saturated carbocycles. The molecule has 0 spiro atoms. The molecule has 2 aliphatic rings. The lowest BCUT2D eigenvalue weighted by Gasteiger charge is -2.29. The number of hydrogen-bond donors (Lipinski definition) is 1. The van der Waals surface area contributed by atoms with Gasteiger partial charge in [-0.3, -0.25) is 0 Å². The molecule has 0 bridgehead atoms. The van der Waals surface area contributed by atoms with Crippen molar-refractivity contribution in [2.75, 3.05) is 49.2 Å². The molecule has 0 aromatic heterocycles. The van der Waals surface area contributed by atoms with Gasteiger partial charge in [0.05, 0.1) is 0 Å². The smallest absolute Gasteiger partial charge is 0.410 e. The number of nitrogens with one attached hydrogen (secondary N) is 1. The Morgan fingerprint density at radius 1 is 1.05 bits per heavy atom. The van der Waals surface area contributed by atoms with E-state index in [-0.39, 0.29) is 11.7 Å². The van der Waals surface area contributed by atoms with Crippen molar-refractivity contribution < 1.29 is 9.53 Å². The maximum absolute atomic E-state index is 11.5. The van der Waals surface area contributed by atoms with E-state index in [1.165, 1.54) is 24.6 Å². The lowest BCUT2D eigenvalue weighted by Crippen LogP contribution is -2.41. The molecule has 2 fully saturated rings. The number of amides is 1. The van der Waals surface area contributed by atoms with Crippen molar-refractivity contribution in [3.63, 3.8) is 0 Å². The zero-order valence-electron chi connectivity index (χ0n) is 12.2. The fourth-order valence-corrected chi connectivity index (χ4v) is 3.27. The van der Waals surface area contributed by atoms with Crippen molar-refractivity contribution in [2.24, 2.45) is 0 Å². The topological polar surface area (TPSA) is 41.6 Å². The van der Waals surface area contributed by atoms with E-state index in [1.807, 2.05) is 44.3 Å². The molecular formula is C13H26N2O2S2. The van der Waals surface area contributed by atoms with E-state index >= 15 is 0 Å². The Bertz CT molecular complexity index is 248. The first-order valence-corrected chi connectivity index (χ1v) is 9.14. The number of nitrogens with zero attached hydrogens (tertiary/aromatic N) is 1. The zero-order chi connectivity index (χ0) is 14.1. The summed E-state index contributed by atoms with van der Waals surface area (Å²) in [6.07, 6.45) is -0.173. The van der Waals surface area contributed by atoms with Crippen LogP contribution in [0.1, 0.15) is 20.8 Å². The van der Waals surface area contributed by atoms with Gasteiger partial charge in [0.25, 0.3) is 0 Å². The van der Waals surface area contributed by atoms with Gasteiger partial charge in [-0.15, -0.1) is 0 Å². The zero-order valence-corrected chi connectivity index (χ0v) is 13.9. The van der Waals surface area contributed by atoms with E-state index in [1.54, 1.807) is 4.90 Å². The van der Waals surface area contributed by atoms with Crippen LogP contribution in [-0.4, -0.2) is 65.8 Å². The Morgan fingerprint density at radius 2 is 1.58 bits per heavy atom. The van der Waals surface area contributed by atoms with E-state index in [0.29, 0.717) is 0 Å². The van der Waals surface area contributed by atoms with Crippen LogP contribution in [0.25, 0.3) is 0 Å². The maximum atomic E-state index is 11.5. The highest BCUT2D eigenvalue weighted by Crippen LogP contribution is 2.14. The third kappa shape index (κ3) is 8.65. The molecule has 2 aliphatic heterocycles. The molecule has 0 atom stereocenters. The molecule has 0 aliphatic carbocycles. The molecular weight excluding hydrogens is 280 g/mol. The van der Waals surface area contributed by atoms with Gasteiger partial charge in [0, 0.05) is 49.2 Å². The molecule has 19 heavy (non-hydrogen) atoms. The highest BCUT2D eigenvalue weighted by Gasteiger charge is 2.23. The van der Waals surface area contributed by atoms with Gasteiger partial charge in [-0.05, 0) is 20.8 Å². The third-order valence-corrected chi connectivity index (χ3v) is 4.44. The van der Waals surface area contributed by atoms with Crippen molar-refractivity contribution in [3.05, 3.63) is 0 Å². The van der Waals surface area contributed by atoms with E-state index in [9.17, 15) is 4.79 Å². The van der Waals surface area contributed by atoms with Gasteiger partial charge in [-0.2, -0.15) is 23.5 Å². The number of rotatable bonds is 0. The lowest BCUT2D eigenvalue weighted by molar-refractivity contribution is 0.0269. The minimum atomic E-state index is -0.373. The lowest BCUT2D eigenvalue weighted by atomic mass is 10.2. The number of carbonyl (C=O) groups is 1. The Balaban J connectivity index is 0.000000250. The molecule has 112 valence electrons. The minimum Gasteiger partial charge on any atom is -0.444 e. The van der Waals surface area contributed by atoms with Crippen molar-refractivity contribution >= 4 is 29.6 Å². The summed E-state index contributed by atoms with van der Waals surface area (Å²) in [5.41, 5.74) is -0.373. The summed E-state index contributed by atoms with van der Waals surface area (Å²) in [7, 11) is 0. The Hall–Kier alpha value is -0.0700. The van der Waals surface area contributed by atoms with Gasteiger partial charge < -0.3 is 15.0 Å². The summed E-state index contributed by atoms with van der Waals surface area (Å²) < 4.78 is 5.25. The minimum absolute atomic E-state index is 0.173. The fraction of sp³-hybridized carbons (Fsp3) is 0.923. The Kier molecular flexibility index (Phi) is 8.02. The van der Waals surface area contributed by atoms with Crippen LogP contribution in [0.15, 0.2) is 0 Å². The molecule has 2 heterocycles. The molecule has 4 nitrogen and oxygen atoms in total. The SMILES string of the molecule is C1CSCCN1.CC(C)(C)OC(=O)N1CCSCC1. The monoisotopic (exact) mass is 306 g/mol. The number of ether oxygens (including phenoxy) is 1. The van der Waals surface area contributed by atoms with Gasteiger partial charge >= 0.3 is 6.09 Å². The number of carbonyl (C=O) groups excluding carboxylic acids is 1. The Labute approximate surface area is 125 Å². The molecule has 2 saturated heterocycles. The molecule has 0 unspecified atom stereocenters.